The zero-order valence-corrected chi connectivity index (χ0v) is 12.5. The first-order valence-electron chi connectivity index (χ1n) is 6.34. The van der Waals surface area contributed by atoms with Crippen molar-refractivity contribution < 1.29 is 4.74 Å². The topological polar surface area (TPSA) is 47.0 Å². The summed E-state index contributed by atoms with van der Waals surface area (Å²) in [5.74, 6) is 2.16. The van der Waals surface area contributed by atoms with Crippen molar-refractivity contribution in [1.82, 2.24) is 9.97 Å². The van der Waals surface area contributed by atoms with Gasteiger partial charge in [0.15, 0.2) is 0 Å². The molecule has 0 radical (unpaired) electrons. The molecule has 2 heterocycles. The van der Waals surface area contributed by atoms with E-state index in [0.717, 1.165) is 27.7 Å². The Morgan fingerprint density at radius 1 is 1.58 bits per heavy atom. The molecule has 0 bridgehead atoms. The van der Waals surface area contributed by atoms with Crippen molar-refractivity contribution in [2.24, 2.45) is 11.8 Å². The van der Waals surface area contributed by atoms with Crippen molar-refractivity contribution in [2.45, 2.75) is 19.4 Å². The molecular weight excluding hydrogens is 282 g/mol. The van der Waals surface area contributed by atoms with E-state index in [1.807, 2.05) is 5.38 Å². The molecule has 102 valence electrons. The number of aromatic nitrogens is 2. The molecule has 1 aliphatic rings. The minimum atomic E-state index is 0.370. The van der Waals surface area contributed by atoms with Crippen LogP contribution in [0.4, 0.5) is 5.82 Å². The lowest BCUT2D eigenvalue weighted by Gasteiger charge is -2.15. The molecule has 4 nitrogen and oxygen atoms in total. The summed E-state index contributed by atoms with van der Waals surface area (Å²) >= 11 is 7.75. The summed E-state index contributed by atoms with van der Waals surface area (Å²) in [7, 11) is 1.76. The number of halogens is 1. The summed E-state index contributed by atoms with van der Waals surface area (Å²) in [6.07, 6.45) is 2.80. The molecule has 0 aliphatic heterocycles. The first kappa shape index (κ1) is 13.1. The highest BCUT2D eigenvalue weighted by Crippen LogP contribution is 2.43. The summed E-state index contributed by atoms with van der Waals surface area (Å²) in [5.41, 5.74) is 0. The molecule has 0 aromatic carbocycles. The second kappa shape index (κ2) is 5.23. The Kier molecular flexibility index (Phi) is 3.60. The van der Waals surface area contributed by atoms with Gasteiger partial charge in [0, 0.05) is 25.1 Å². The molecule has 3 atom stereocenters. The minimum Gasteiger partial charge on any atom is -0.384 e. The SMILES string of the molecule is COC[C@@H]1C[C@H]1C(C)Nc1ncnc2scc(Cl)c12. The Hall–Kier alpha value is -0.910. The standard InChI is InChI=1S/C13H16ClN3OS/c1-7(9-3-8(9)4-18-2)17-12-11-10(14)5-19-13(11)16-6-15-12/h5-9H,3-4H2,1-2H3,(H,15,16,17)/t7?,8-,9-/m0/s1. The van der Waals surface area contributed by atoms with Crippen molar-refractivity contribution in [2.75, 3.05) is 19.0 Å². The summed E-state index contributed by atoms with van der Waals surface area (Å²) < 4.78 is 5.20. The number of fused-ring (bicyclic) bond motifs is 1. The molecule has 1 fully saturated rings. The van der Waals surface area contributed by atoms with Crippen LogP contribution in [0.3, 0.4) is 0 Å². The molecule has 1 N–H and O–H groups in total. The van der Waals surface area contributed by atoms with Gasteiger partial charge in [-0.25, -0.2) is 9.97 Å². The van der Waals surface area contributed by atoms with Crippen LogP contribution in [0.5, 0.6) is 0 Å². The number of hydrogen-bond donors (Lipinski definition) is 1. The highest BCUT2D eigenvalue weighted by Gasteiger charge is 2.41. The quantitative estimate of drug-likeness (QED) is 0.918. The molecule has 3 rings (SSSR count). The monoisotopic (exact) mass is 297 g/mol. The molecule has 0 spiro atoms. The van der Waals surface area contributed by atoms with Crippen molar-refractivity contribution in [3.05, 3.63) is 16.7 Å². The maximum Gasteiger partial charge on any atom is 0.139 e. The van der Waals surface area contributed by atoms with Gasteiger partial charge < -0.3 is 10.1 Å². The number of ether oxygens (including phenoxy) is 1. The fourth-order valence-electron chi connectivity index (χ4n) is 2.56. The van der Waals surface area contributed by atoms with Crippen molar-refractivity contribution in [3.8, 4) is 0 Å². The van der Waals surface area contributed by atoms with Crippen LogP contribution in [0.15, 0.2) is 11.7 Å². The van der Waals surface area contributed by atoms with Gasteiger partial charge in [-0.05, 0) is 25.2 Å². The smallest absolute Gasteiger partial charge is 0.139 e. The van der Waals surface area contributed by atoms with E-state index in [-0.39, 0.29) is 0 Å². The van der Waals surface area contributed by atoms with E-state index in [2.05, 4.69) is 22.2 Å². The molecule has 1 aliphatic carbocycles. The number of methoxy groups -OCH3 is 1. The second-order valence-electron chi connectivity index (χ2n) is 5.03. The lowest BCUT2D eigenvalue weighted by molar-refractivity contribution is 0.180. The predicted molar refractivity (Wildman–Crippen MR) is 79.0 cm³/mol. The maximum absolute atomic E-state index is 6.21. The van der Waals surface area contributed by atoms with Crippen LogP contribution >= 0.6 is 22.9 Å². The third-order valence-electron chi connectivity index (χ3n) is 3.69. The molecular formula is C13H16ClN3OS. The Labute approximate surface area is 121 Å². The maximum atomic E-state index is 6.21. The zero-order chi connectivity index (χ0) is 13.4. The fourth-order valence-corrected chi connectivity index (χ4v) is 3.70. The number of thiophene rings is 1. The molecule has 0 saturated heterocycles. The van der Waals surface area contributed by atoms with Gasteiger partial charge in [0.2, 0.25) is 0 Å². The normalized spacial score (nSPS) is 23.5. The van der Waals surface area contributed by atoms with E-state index < -0.39 is 0 Å². The van der Waals surface area contributed by atoms with Crippen LogP contribution in [0.25, 0.3) is 10.2 Å². The zero-order valence-electron chi connectivity index (χ0n) is 10.9. The first-order chi connectivity index (χ1) is 9.20. The molecule has 19 heavy (non-hydrogen) atoms. The molecule has 6 heteroatoms. The third-order valence-corrected chi connectivity index (χ3v) is 5.00. The first-order valence-corrected chi connectivity index (χ1v) is 7.59. The fraction of sp³-hybridized carbons (Fsp3) is 0.538. The average molecular weight is 298 g/mol. The number of rotatable bonds is 5. The van der Waals surface area contributed by atoms with Crippen LogP contribution in [0.2, 0.25) is 5.02 Å². The van der Waals surface area contributed by atoms with E-state index in [1.54, 1.807) is 24.8 Å². The Bertz CT molecular complexity index is 588. The van der Waals surface area contributed by atoms with Crippen LogP contribution in [-0.4, -0.2) is 29.7 Å². The van der Waals surface area contributed by atoms with E-state index >= 15 is 0 Å². The molecule has 2 aromatic heterocycles. The van der Waals surface area contributed by atoms with Gasteiger partial charge in [0.1, 0.15) is 17.0 Å². The average Bonchev–Trinajstić information content (AvgIpc) is 3.06. The highest BCUT2D eigenvalue weighted by molar-refractivity contribution is 7.17. The number of nitrogens with zero attached hydrogens (tertiary/aromatic N) is 2. The second-order valence-corrected chi connectivity index (χ2v) is 6.30. The van der Waals surface area contributed by atoms with Crippen LogP contribution in [-0.2, 0) is 4.74 Å². The summed E-state index contributed by atoms with van der Waals surface area (Å²) in [6.45, 7) is 3.03. The summed E-state index contributed by atoms with van der Waals surface area (Å²) in [5, 5.41) is 7.04. The minimum absolute atomic E-state index is 0.370. The van der Waals surface area contributed by atoms with Gasteiger partial charge in [0.05, 0.1) is 10.4 Å². The third kappa shape index (κ3) is 2.55. The Morgan fingerprint density at radius 2 is 2.42 bits per heavy atom. The van der Waals surface area contributed by atoms with Crippen LogP contribution < -0.4 is 5.32 Å². The van der Waals surface area contributed by atoms with Gasteiger partial charge in [-0.1, -0.05) is 11.6 Å². The molecule has 0 amide bonds. The van der Waals surface area contributed by atoms with Gasteiger partial charge in [-0.15, -0.1) is 11.3 Å². The molecule has 2 aromatic rings. The van der Waals surface area contributed by atoms with Crippen molar-refractivity contribution in [3.63, 3.8) is 0 Å². The van der Waals surface area contributed by atoms with E-state index in [1.165, 1.54) is 6.42 Å². The van der Waals surface area contributed by atoms with E-state index in [4.69, 9.17) is 16.3 Å². The number of nitrogens with one attached hydrogen (secondary N) is 1. The summed E-state index contributed by atoms with van der Waals surface area (Å²) in [4.78, 5) is 9.50. The lowest BCUT2D eigenvalue weighted by Crippen LogP contribution is -2.20. The Morgan fingerprint density at radius 3 is 3.21 bits per heavy atom. The Balaban J connectivity index is 1.77. The predicted octanol–water partition coefficient (Wildman–Crippen LogP) is 3.43. The van der Waals surface area contributed by atoms with Crippen molar-refractivity contribution in [1.29, 1.82) is 0 Å². The van der Waals surface area contributed by atoms with Gasteiger partial charge in [-0.3, -0.25) is 0 Å². The van der Waals surface area contributed by atoms with E-state index in [9.17, 15) is 0 Å². The van der Waals surface area contributed by atoms with Gasteiger partial charge in [-0.2, -0.15) is 0 Å². The molecule has 1 saturated carbocycles. The van der Waals surface area contributed by atoms with Crippen LogP contribution in [0, 0.1) is 11.8 Å². The number of hydrogen-bond acceptors (Lipinski definition) is 5. The van der Waals surface area contributed by atoms with E-state index in [0.29, 0.717) is 17.9 Å². The van der Waals surface area contributed by atoms with Gasteiger partial charge >= 0.3 is 0 Å². The number of anilines is 1. The lowest BCUT2D eigenvalue weighted by atomic mass is 10.2. The van der Waals surface area contributed by atoms with Gasteiger partial charge in [0.25, 0.3) is 0 Å². The highest BCUT2D eigenvalue weighted by atomic mass is 35.5. The summed E-state index contributed by atoms with van der Waals surface area (Å²) in [6, 6.07) is 0.370. The largest absolute Gasteiger partial charge is 0.384 e. The molecule has 1 unspecified atom stereocenters. The van der Waals surface area contributed by atoms with Crippen LogP contribution in [0.1, 0.15) is 13.3 Å². The van der Waals surface area contributed by atoms with Crippen molar-refractivity contribution >= 4 is 39.0 Å².